The molecule has 0 heterocycles. The van der Waals surface area contributed by atoms with Gasteiger partial charge in [-0.1, -0.05) is 13.3 Å². The van der Waals surface area contributed by atoms with Crippen molar-refractivity contribution >= 4 is 12.0 Å². The van der Waals surface area contributed by atoms with Crippen LogP contribution in [0, 0.1) is 5.92 Å². The van der Waals surface area contributed by atoms with Crippen LogP contribution in [0.5, 0.6) is 0 Å². The van der Waals surface area contributed by atoms with Crippen molar-refractivity contribution in [2.45, 2.75) is 51.0 Å². The first kappa shape index (κ1) is 12.8. The van der Waals surface area contributed by atoms with E-state index in [0.29, 0.717) is 6.42 Å². The molecule has 0 spiro atoms. The van der Waals surface area contributed by atoms with Gasteiger partial charge in [-0.15, -0.1) is 0 Å². The third-order valence-corrected chi connectivity index (χ3v) is 3.25. The van der Waals surface area contributed by atoms with Gasteiger partial charge in [-0.2, -0.15) is 0 Å². The topological polar surface area (TPSA) is 95.4 Å². The standard InChI is InChI=1S/C11H20N2O3/c1-8(9(12)14)7-11(16-10(13)15)5-3-2-4-6-11/h8H,2-7H2,1H3,(H2,12,14)(H2,13,15). The Bertz CT molecular complexity index is 272. The molecular formula is C11H20N2O3. The van der Waals surface area contributed by atoms with Gasteiger partial charge in [0.2, 0.25) is 5.91 Å². The molecule has 16 heavy (non-hydrogen) atoms. The van der Waals surface area contributed by atoms with Crippen LogP contribution in [-0.2, 0) is 9.53 Å². The van der Waals surface area contributed by atoms with Crippen molar-refractivity contribution in [2.24, 2.45) is 17.4 Å². The van der Waals surface area contributed by atoms with Crippen LogP contribution in [0.15, 0.2) is 0 Å². The summed E-state index contributed by atoms with van der Waals surface area (Å²) < 4.78 is 5.23. The van der Waals surface area contributed by atoms with Crippen LogP contribution in [0.3, 0.4) is 0 Å². The highest BCUT2D eigenvalue weighted by molar-refractivity contribution is 5.76. The van der Waals surface area contributed by atoms with Crippen LogP contribution in [0.1, 0.15) is 45.4 Å². The van der Waals surface area contributed by atoms with Gasteiger partial charge in [-0.3, -0.25) is 4.79 Å². The lowest BCUT2D eigenvalue weighted by Crippen LogP contribution is -2.42. The minimum absolute atomic E-state index is 0.294. The maximum absolute atomic E-state index is 11.1. The third kappa shape index (κ3) is 3.40. The van der Waals surface area contributed by atoms with Gasteiger partial charge in [-0.05, 0) is 32.1 Å². The quantitative estimate of drug-likeness (QED) is 0.759. The fourth-order valence-electron chi connectivity index (χ4n) is 2.42. The molecule has 1 fully saturated rings. The number of ether oxygens (including phenoxy) is 1. The largest absolute Gasteiger partial charge is 0.443 e. The van der Waals surface area contributed by atoms with E-state index in [1.165, 1.54) is 0 Å². The van der Waals surface area contributed by atoms with E-state index in [4.69, 9.17) is 16.2 Å². The van der Waals surface area contributed by atoms with Gasteiger partial charge in [0.05, 0.1) is 0 Å². The zero-order chi connectivity index (χ0) is 12.2. The summed E-state index contributed by atoms with van der Waals surface area (Å²) >= 11 is 0. The van der Waals surface area contributed by atoms with Crippen molar-refractivity contribution in [1.82, 2.24) is 0 Å². The zero-order valence-electron chi connectivity index (χ0n) is 9.70. The van der Waals surface area contributed by atoms with E-state index in [-0.39, 0.29) is 11.8 Å². The van der Waals surface area contributed by atoms with E-state index in [2.05, 4.69) is 0 Å². The molecule has 1 rings (SSSR count). The van der Waals surface area contributed by atoms with E-state index in [0.717, 1.165) is 32.1 Å². The van der Waals surface area contributed by atoms with E-state index in [1.807, 2.05) is 0 Å². The van der Waals surface area contributed by atoms with Crippen LogP contribution in [0.4, 0.5) is 4.79 Å². The predicted octanol–water partition coefficient (Wildman–Crippen LogP) is 1.30. The first-order chi connectivity index (χ1) is 7.45. The Morgan fingerprint density at radius 1 is 1.25 bits per heavy atom. The predicted molar refractivity (Wildman–Crippen MR) is 59.5 cm³/mol. The second kappa shape index (κ2) is 5.18. The summed E-state index contributed by atoms with van der Waals surface area (Å²) in [5.74, 6) is -0.657. The van der Waals surface area contributed by atoms with Gasteiger partial charge in [0, 0.05) is 5.92 Å². The molecular weight excluding hydrogens is 208 g/mol. The number of nitrogens with two attached hydrogens (primary N) is 2. The summed E-state index contributed by atoms with van der Waals surface area (Å²) in [4.78, 5) is 22.0. The van der Waals surface area contributed by atoms with Gasteiger partial charge in [0.25, 0.3) is 0 Å². The SMILES string of the molecule is CC(CC1(OC(N)=O)CCCCC1)C(N)=O. The highest BCUT2D eigenvalue weighted by Gasteiger charge is 2.37. The Morgan fingerprint density at radius 3 is 2.25 bits per heavy atom. The average Bonchev–Trinajstić information content (AvgIpc) is 2.17. The van der Waals surface area contributed by atoms with Gasteiger partial charge in [-0.25, -0.2) is 4.79 Å². The normalized spacial score (nSPS) is 21.1. The fraction of sp³-hybridized carbons (Fsp3) is 0.818. The van der Waals surface area contributed by atoms with Crippen molar-refractivity contribution in [3.8, 4) is 0 Å². The monoisotopic (exact) mass is 228 g/mol. The molecule has 1 atom stereocenters. The summed E-state index contributed by atoms with van der Waals surface area (Å²) in [6.45, 7) is 1.75. The number of rotatable bonds is 4. The average molecular weight is 228 g/mol. The molecule has 5 nitrogen and oxygen atoms in total. The zero-order valence-corrected chi connectivity index (χ0v) is 9.70. The van der Waals surface area contributed by atoms with E-state index >= 15 is 0 Å². The minimum Gasteiger partial charge on any atom is -0.443 e. The Balaban J connectivity index is 2.69. The smallest absolute Gasteiger partial charge is 0.405 e. The number of amides is 2. The van der Waals surface area contributed by atoms with Gasteiger partial charge in [0.15, 0.2) is 0 Å². The molecule has 0 aromatic carbocycles. The van der Waals surface area contributed by atoms with Gasteiger partial charge < -0.3 is 16.2 Å². The molecule has 0 aromatic heterocycles. The Hall–Kier alpha value is -1.26. The second-order valence-corrected chi connectivity index (χ2v) is 4.67. The molecule has 0 saturated heterocycles. The molecule has 1 saturated carbocycles. The fourth-order valence-corrected chi connectivity index (χ4v) is 2.42. The molecule has 0 aromatic rings. The molecule has 5 heteroatoms. The van der Waals surface area contributed by atoms with E-state index < -0.39 is 11.7 Å². The maximum Gasteiger partial charge on any atom is 0.405 e. The Morgan fingerprint density at radius 2 is 1.81 bits per heavy atom. The summed E-state index contributed by atoms with van der Waals surface area (Å²) in [6.07, 6.45) is 4.39. The number of hydrogen-bond acceptors (Lipinski definition) is 3. The second-order valence-electron chi connectivity index (χ2n) is 4.67. The van der Waals surface area contributed by atoms with E-state index in [9.17, 15) is 9.59 Å². The number of hydrogen-bond donors (Lipinski definition) is 2. The summed E-state index contributed by atoms with van der Waals surface area (Å²) in [5, 5.41) is 0. The van der Waals surface area contributed by atoms with Crippen LogP contribution < -0.4 is 11.5 Å². The Kier molecular flexibility index (Phi) is 4.15. The van der Waals surface area contributed by atoms with Gasteiger partial charge in [0.1, 0.15) is 5.60 Å². The summed E-state index contributed by atoms with van der Waals surface area (Å²) in [7, 11) is 0. The van der Waals surface area contributed by atoms with Crippen molar-refractivity contribution in [3.63, 3.8) is 0 Å². The molecule has 0 bridgehead atoms. The first-order valence-electron chi connectivity index (χ1n) is 5.73. The van der Waals surface area contributed by atoms with Crippen molar-refractivity contribution in [3.05, 3.63) is 0 Å². The molecule has 0 radical (unpaired) electrons. The molecule has 1 aliphatic carbocycles. The van der Waals surface area contributed by atoms with Crippen molar-refractivity contribution < 1.29 is 14.3 Å². The lowest BCUT2D eigenvalue weighted by molar-refractivity contribution is -0.124. The number of carbonyl (C=O) groups excluding carboxylic acids is 2. The lowest BCUT2D eigenvalue weighted by Gasteiger charge is -2.37. The van der Waals surface area contributed by atoms with Crippen LogP contribution in [-0.4, -0.2) is 17.6 Å². The van der Waals surface area contributed by atoms with Crippen molar-refractivity contribution in [2.75, 3.05) is 0 Å². The van der Waals surface area contributed by atoms with Gasteiger partial charge >= 0.3 is 6.09 Å². The Labute approximate surface area is 95.5 Å². The molecule has 0 aliphatic heterocycles. The molecule has 2 amide bonds. The van der Waals surface area contributed by atoms with E-state index in [1.54, 1.807) is 6.92 Å². The summed E-state index contributed by atoms with van der Waals surface area (Å²) in [6, 6.07) is 0. The first-order valence-corrected chi connectivity index (χ1v) is 5.73. The minimum atomic E-state index is -0.765. The van der Waals surface area contributed by atoms with Crippen LogP contribution >= 0.6 is 0 Å². The number of carbonyl (C=O) groups is 2. The highest BCUT2D eigenvalue weighted by Crippen LogP contribution is 2.36. The van der Waals surface area contributed by atoms with Crippen LogP contribution in [0.2, 0.25) is 0 Å². The summed E-state index contributed by atoms with van der Waals surface area (Å²) in [5.41, 5.74) is 9.74. The molecule has 1 aliphatic rings. The molecule has 1 unspecified atom stereocenters. The van der Waals surface area contributed by atoms with Crippen LogP contribution in [0.25, 0.3) is 0 Å². The molecule has 92 valence electrons. The van der Waals surface area contributed by atoms with Crippen molar-refractivity contribution in [1.29, 1.82) is 0 Å². The molecule has 4 N–H and O–H groups in total. The third-order valence-electron chi connectivity index (χ3n) is 3.25. The number of primary amides is 2. The highest BCUT2D eigenvalue weighted by atomic mass is 16.6. The lowest BCUT2D eigenvalue weighted by atomic mass is 9.78. The maximum atomic E-state index is 11.1.